The highest BCUT2D eigenvalue weighted by Gasteiger charge is 2.81. The fourth-order valence-electron chi connectivity index (χ4n) is 5.65. The molecule has 0 bridgehead atoms. The Morgan fingerprint density at radius 3 is 2.55 bits per heavy atom. The quantitative estimate of drug-likeness (QED) is 0.631. The number of aromatic nitrogens is 2. The third kappa shape index (κ3) is 2.52. The molecule has 1 aliphatic carbocycles. The molecule has 3 heterocycles. The Kier molecular flexibility index (Phi) is 4.04. The first-order valence-electron chi connectivity index (χ1n) is 10.5. The molecule has 7 heteroatoms. The number of halogens is 2. The topological polar surface area (TPSA) is 47.2 Å². The van der Waals surface area contributed by atoms with E-state index in [1.807, 2.05) is 32.0 Å². The van der Waals surface area contributed by atoms with Gasteiger partial charge < -0.3 is 14.0 Å². The summed E-state index contributed by atoms with van der Waals surface area (Å²) in [6, 6.07) is 7.33. The van der Waals surface area contributed by atoms with Crippen molar-refractivity contribution < 1.29 is 13.6 Å². The van der Waals surface area contributed by atoms with Crippen molar-refractivity contribution in [3.8, 4) is 0 Å². The molecule has 2 unspecified atom stereocenters. The van der Waals surface area contributed by atoms with Gasteiger partial charge in [-0.2, -0.15) is 0 Å². The number of rotatable bonds is 2. The van der Waals surface area contributed by atoms with E-state index in [0.29, 0.717) is 16.5 Å². The number of benzene rings is 1. The van der Waals surface area contributed by atoms with Crippen LogP contribution < -0.4 is 5.56 Å². The third-order valence-electron chi connectivity index (χ3n) is 7.25. The fourth-order valence-corrected chi connectivity index (χ4v) is 5.65. The molecule has 2 fully saturated rings. The summed E-state index contributed by atoms with van der Waals surface area (Å²) in [5.41, 5.74) is 2.03. The molecule has 2 atom stereocenters. The predicted molar refractivity (Wildman–Crippen MR) is 115 cm³/mol. The van der Waals surface area contributed by atoms with Crippen molar-refractivity contribution in [1.82, 2.24) is 14.0 Å². The second kappa shape index (κ2) is 6.28. The number of amides is 1. The molecular weight excluding hydrogens is 400 g/mol. The van der Waals surface area contributed by atoms with Crippen LogP contribution in [-0.2, 0) is 19.5 Å². The lowest BCUT2D eigenvalue weighted by Crippen LogP contribution is -2.40. The lowest BCUT2D eigenvalue weighted by Gasteiger charge is -2.30. The van der Waals surface area contributed by atoms with Crippen LogP contribution in [-0.4, -0.2) is 39.0 Å². The van der Waals surface area contributed by atoms with Crippen molar-refractivity contribution in [3.63, 3.8) is 0 Å². The molecule has 5 rings (SSSR count). The van der Waals surface area contributed by atoms with Gasteiger partial charge >= 0.3 is 0 Å². The molecule has 1 saturated carbocycles. The Hall–Kier alpha value is -2.96. The van der Waals surface area contributed by atoms with Gasteiger partial charge in [-0.1, -0.05) is 29.8 Å². The van der Waals surface area contributed by atoms with Crippen LogP contribution in [0.3, 0.4) is 0 Å². The number of alkyl halides is 2. The highest BCUT2D eigenvalue weighted by molar-refractivity contribution is 6.07. The van der Waals surface area contributed by atoms with Gasteiger partial charge in [-0.05, 0) is 31.4 Å². The lowest BCUT2D eigenvalue weighted by atomic mass is 9.86. The Labute approximate surface area is 178 Å². The van der Waals surface area contributed by atoms with Crippen LogP contribution >= 0.6 is 0 Å². The van der Waals surface area contributed by atoms with Crippen molar-refractivity contribution in [2.75, 3.05) is 13.1 Å². The zero-order valence-electron chi connectivity index (χ0n) is 18.1. The minimum atomic E-state index is -2.85. The molecule has 0 spiro atoms. The zero-order valence-corrected chi connectivity index (χ0v) is 18.1. The van der Waals surface area contributed by atoms with Gasteiger partial charge in [0, 0.05) is 39.6 Å². The van der Waals surface area contributed by atoms with Gasteiger partial charge in [0.05, 0.1) is 27.8 Å². The molecule has 5 nitrogen and oxygen atoms in total. The maximum atomic E-state index is 15.0. The molecule has 1 saturated heterocycles. The Balaban J connectivity index is 1.51. The van der Waals surface area contributed by atoms with E-state index in [1.54, 1.807) is 37.1 Å². The van der Waals surface area contributed by atoms with Gasteiger partial charge in [0.25, 0.3) is 17.4 Å². The van der Waals surface area contributed by atoms with Crippen molar-refractivity contribution in [1.29, 1.82) is 0 Å². The summed E-state index contributed by atoms with van der Waals surface area (Å²) in [6.07, 6.45) is 3.59. The largest absolute Gasteiger partial charge is 0.349 e. The Bertz CT molecular complexity index is 1310. The summed E-state index contributed by atoms with van der Waals surface area (Å²) in [5, 5.41) is 0.355. The number of fused-ring (bicyclic) bond motifs is 2. The number of carbonyl (C=O) groups is 1. The van der Waals surface area contributed by atoms with Gasteiger partial charge in [-0.25, -0.2) is 8.78 Å². The summed E-state index contributed by atoms with van der Waals surface area (Å²) in [6.45, 7) is 4.01. The van der Waals surface area contributed by atoms with Crippen LogP contribution in [0.4, 0.5) is 8.78 Å². The van der Waals surface area contributed by atoms with E-state index in [9.17, 15) is 9.59 Å². The molecule has 1 amide bonds. The minimum absolute atomic E-state index is 0.0116. The fraction of sp³-hybridized carbons (Fsp3) is 0.417. The number of piperidine rings is 1. The second-order valence-corrected chi connectivity index (χ2v) is 9.12. The molecule has 3 aromatic rings. The Morgan fingerprint density at radius 1 is 1.13 bits per heavy atom. The van der Waals surface area contributed by atoms with Gasteiger partial charge in [-0.15, -0.1) is 0 Å². The van der Waals surface area contributed by atoms with Gasteiger partial charge in [0.15, 0.2) is 0 Å². The number of hydrogen-bond acceptors (Lipinski definition) is 2. The SMILES string of the molecule is Cc1cccc(C23CCN(C(=O)c4cn(C)c5c(C)cn(C)c(=O)c45)CC2C3(F)F)c1. The maximum absolute atomic E-state index is 15.0. The van der Waals surface area contributed by atoms with Crippen LogP contribution in [0.2, 0.25) is 0 Å². The molecule has 2 aliphatic rings. The van der Waals surface area contributed by atoms with E-state index in [2.05, 4.69) is 0 Å². The van der Waals surface area contributed by atoms with Gasteiger partial charge in [0.2, 0.25) is 0 Å². The second-order valence-electron chi connectivity index (χ2n) is 9.12. The number of likely N-dealkylation sites (tertiary alicyclic amines) is 1. The first-order valence-corrected chi connectivity index (χ1v) is 10.5. The number of hydrogen-bond donors (Lipinski definition) is 0. The van der Waals surface area contributed by atoms with E-state index in [1.165, 1.54) is 9.47 Å². The summed E-state index contributed by atoms with van der Waals surface area (Å²) in [5.74, 6) is -4.10. The van der Waals surface area contributed by atoms with Crippen molar-refractivity contribution in [2.45, 2.75) is 31.6 Å². The molecule has 1 aliphatic heterocycles. The summed E-state index contributed by atoms with van der Waals surface area (Å²) in [4.78, 5) is 27.7. The molecule has 1 aromatic carbocycles. The molecule has 31 heavy (non-hydrogen) atoms. The molecule has 0 N–H and O–H groups in total. The van der Waals surface area contributed by atoms with E-state index in [4.69, 9.17) is 0 Å². The number of carbonyl (C=O) groups excluding carboxylic acids is 1. The third-order valence-corrected chi connectivity index (χ3v) is 7.25. The summed E-state index contributed by atoms with van der Waals surface area (Å²) < 4.78 is 33.3. The van der Waals surface area contributed by atoms with Gasteiger partial charge in [0.1, 0.15) is 0 Å². The highest BCUT2D eigenvalue weighted by Crippen LogP contribution is 2.70. The smallest absolute Gasteiger partial charge is 0.263 e. The lowest BCUT2D eigenvalue weighted by molar-refractivity contribution is 0.0691. The van der Waals surface area contributed by atoms with Crippen molar-refractivity contribution >= 4 is 16.8 Å². The molecular formula is C24H25F2N3O2. The van der Waals surface area contributed by atoms with E-state index in [0.717, 1.165) is 11.1 Å². The zero-order chi connectivity index (χ0) is 22.3. The van der Waals surface area contributed by atoms with Crippen LogP contribution in [0.1, 0.15) is 33.5 Å². The van der Waals surface area contributed by atoms with E-state index < -0.39 is 17.3 Å². The normalized spacial score (nSPS) is 24.3. The van der Waals surface area contributed by atoms with E-state index >= 15 is 8.78 Å². The summed E-state index contributed by atoms with van der Waals surface area (Å²) in [7, 11) is 3.44. The van der Waals surface area contributed by atoms with Crippen LogP contribution in [0.5, 0.6) is 0 Å². The molecule has 162 valence electrons. The summed E-state index contributed by atoms with van der Waals surface area (Å²) >= 11 is 0. The van der Waals surface area contributed by atoms with Gasteiger partial charge in [-0.3, -0.25) is 9.59 Å². The minimum Gasteiger partial charge on any atom is -0.349 e. The number of nitrogens with zero attached hydrogens (tertiary/aromatic N) is 3. The predicted octanol–water partition coefficient (Wildman–Crippen LogP) is 3.54. The average Bonchev–Trinajstić information content (AvgIpc) is 3.02. The molecule has 0 radical (unpaired) electrons. The molecule has 2 aromatic heterocycles. The monoisotopic (exact) mass is 425 g/mol. The highest BCUT2D eigenvalue weighted by atomic mass is 19.3. The van der Waals surface area contributed by atoms with Crippen molar-refractivity contribution in [2.24, 2.45) is 20.0 Å². The number of aryl methyl sites for hydroxylation is 4. The first-order chi connectivity index (χ1) is 14.6. The van der Waals surface area contributed by atoms with Crippen LogP contribution in [0.25, 0.3) is 10.9 Å². The van der Waals surface area contributed by atoms with E-state index in [-0.39, 0.29) is 36.5 Å². The first kappa shape index (κ1) is 20.0. The standard InChI is InChI=1S/C24H25F2N3O2/c1-14-6-5-7-16(10-14)23-8-9-29(13-18(23)24(23,25)26)21(30)17-12-27(3)20-15(2)11-28(4)22(31)19(17)20/h5-7,10-12,18H,8-9,13H2,1-4H3. The Morgan fingerprint density at radius 2 is 1.87 bits per heavy atom. The average molecular weight is 425 g/mol. The maximum Gasteiger partial charge on any atom is 0.263 e. The van der Waals surface area contributed by atoms with Crippen LogP contribution in [0, 0.1) is 19.8 Å². The van der Waals surface area contributed by atoms with Crippen molar-refractivity contribution in [3.05, 3.63) is 69.3 Å². The number of pyridine rings is 1. The van der Waals surface area contributed by atoms with Crippen LogP contribution in [0.15, 0.2) is 41.5 Å².